The summed E-state index contributed by atoms with van der Waals surface area (Å²) in [7, 11) is 0. The molecular formula is C58H26O4. The van der Waals surface area contributed by atoms with E-state index >= 15 is 4.79 Å². The Hall–Kier alpha value is -8.34. The van der Waals surface area contributed by atoms with Gasteiger partial charge in [-0.3, -0.25) is 19.2 Å². The molecular weight excluding hydrogens is 761 g/mol. The molecule has 0 spiro atoms. The van der Waals surface area contributed by atoms with Gasteiger partial charge in [-0.15, -0.1) is 0 Å². The smallest absolute Gasteiger partial charge is 0.195 e. The van der Waals surface area contributed by atoms with Crippen molar-refractivity contribution in [3.05, 3.63) is 199 Å². The second-order valence-corrected chi connectivity index (χ2v) is 17.2. The summed E-state index contributed by atoms with van der Waals surface area (Å²) in [6, 6.07) is 52.2. The second kappa shape index (κ2) is 10.9. The molecule has 0 aromatic heterocycles. The molecule has 15 aromatic carbocycles. The number of hydrogen-bond acceptors (Lipinski definition) is 4. The van der Waals surface area contributed by atoms with Crippen molar-refractivity contribution in [2.24, 2.45) is 0 Å². The number of fused-ring (bicyclic) bond motifs is 19. The zero-order chi connectivity index (χ0) is 40.9. The summed E-state index contributed by atoms with van der Waals surface area (Å²) in [5.74, 6) is 0. The van der Waals surface area contributed by atoms with Crippen molar-refractivity contribution in [1.82, 2.24) is 0 Å². The van der Waals surface area contributed by atoms with Crippen LogP contribution in [0.25, 0.3) is 151 Å². The molecule has 15 rings (SSSR count). The van der Waals surface area contributed by atoms with Gasteiger partial charge in [-0.05, 0) is 118 Å². The van der Waals surface area contributed by atoms with Crippen molar-refractivity contribution in [3.8, 4) is 11.1 Å². The van der Waals surface area contributed by atoms with E-state index in [-0.39, 0.29) is 21.7 Å². The fourth-order valence-electron chi connectivity index (χ4n) is 11.8. The molecule has 0 bridgehead atoms. The highest BCUT2D eigenvalue weighted by Crippen LogP contribution is 2.48. The lowest BCUT2D eigenvalue weighted by molar-refractivity contribution is 1.72. The molecule has 0 amide bonds. The first-order valence-corrected chi connectivity index (χ1v) is 20.9. The number of hydrogen-bond donors (Lipinski definition) is 0. The fraction of sp³-hybridized carbons (Fsp3) is 0. The van der Waals surface area contributed by atoms with Crippen LogP contribution in [0.1, 0.15) is 0 Å². The molecule has 62 heavy (non-hydrogen) atoms. The van der Waals surface area contributed by atoms with Crippen LogP contribution >= 0.6 is 0 Å². The Morgan fingerprint density at radius 2 is 0.742 bits per heavy atom. The van der Waals surface area contributed by atoms with Crippen LogP contribution in [0.5, 0.6) is 0 Å². The Morgan fingerprint density at radius 3 is 1.50 bits per heavy atom. The van der Waals surface area contributed by atoms with Gasteiger partial charge in [0.2, 0.25) is 0 Å². The summed E-state index contributed by atoms with van der Waals surface area (Å²) in [6.45, 7) is 0. The molecule has 0 aliphatic rings. The molecule has 282 valence electrons. The SMILES string of the molecule is O=c1c2cc(-c3cc4c(=O)c5ccccc5c4c4c3c(=O)c3c5cccc6ccc7cccc(c7c65)c34)ccc2c2c1ccc1c(=O)c3cc4c(ccc5ccccc54)cc3c12. The quantitative estimate of drug-likeness (QED) is 0.155. The average molecular weight is 787 g/mol. The zero-order valence-electron chi connectivity index (χ0n) is 32.6. The summed E-state index contributed by atoms with van der Waals surface area (Å²) < 4.78 is 0. The first kappa shape index (κ1) is 32.5. The first-order chi connectivity index (χ1) is 30.4. The predicted octanol–water partition coefficient (Wildman–Crippen LogP) is 13.0. The van der Waals surface area contributed by atoms with Crippen LogP contribution in [0.3, 0.4) is 0 Å². The maximum absolute atomic E-state index is 15.5. The highest BCUT2D eigenvalue weighted by Gasteiger charge is 2.27. The van der Waals surface area contributed by atoms with E-state index in [2.05, 4.69) is 60.7 Å². The van der Waals surface area contributed by atoms with Gasteiger partial charge in [0.25, 0.3) is 0 Å². The number of rotatable bonds is 1. The lowest BCUT2D eigenvalue weighted by Gasteiger charge is -2.13. The van der Waals surface area contributed by atoms with Gasteiger partial charge in [0.05, 0.1) is 0 Å². The molecule has 0 saturated carbocycles. The van der Waals surface area contributed by atoms with Crippen LogP contribution in [0, 0.1) is 0 Å². The van der Waals surface area contributed by atoms with Crippen molar-refractivity contribution in [2.45, 2.75) is 0 Å². The van der Waals surface area contributed by atoms with Crippen molar-refractivity contribution in [2.75, 3.05) is 0 Å². The molecule has 15 aromatic rings. The number of benzene rings is 11. The van der Waals surface area contributed by atoms with E-state index in [0.717, 1.165) is 97.0 Å². The maximum atomic E-state index is 15.5. The van der Waals surface area contributed by atoms with E-state index in [1.807, 2.05) is 84.9 Å². The minimum atomic E-state index is -0.133. The predicted molar refractivity (Wildman–Crippen MR) is 260 cm³/mol. The van der Waals surface area contributed by atoms with Crippen LogP contribution in [-0.2, 0) is 0 Å². The molecule has 0 fully saturated rings. The summed E-state index contributed by atoms with van der Waals surface area (Å²) in [5.41, 5.74) is 0.951. The Kier molecular flexibility index (Phi) is 5.70. The Balaban J connectivity index is 1.09. The maximum Gasteiger partial charge on any atom is 0.195 e. The van der Waals surface area contributed by atoms with E-state index in [1.165, 1.54) is 0 Å². The third-order valence-electron chi connectivity index (χ3n) is 14.3. The summed E-state index contributed by atoms with van der Waals surface area (Å²) in [5, 5.41) is 21.5. The molecule has 0 unspecified atom stereocenters. The van der Waals surface area contributed by atoms with E-state index in [9.17, 15) is 14.4 Å². The minimum Gasteiger partial charge on any atom is -0.289 e. The van der Waals surface area contributed by atoms with Gasteiger partial charge < -0.3 is 0 Å². The molecule has 0 heterocycles. The fourth-order valence-corrected chi connectivity index (χ4v) is 11.8. The van der Waals surface area contributed by atoms with Crippen LogP contribution in [0.15, 0.2) is 177 Å². The van der Waals surface area contributed by atoms with Crippen molar-refractivity contribution in [1.29, 1.82) is 0 Å². The lowest BCUT2D eigenvalue weighted by Crippen LogP contribution is -2.00. The van der Waals surface area contributed by atoms with Gasteiger partial charge in [0.15, 0.2) is 21.7 Å². The molecule has 0 atom stereocenters. The van der Waals surface area contributed by atoms with Gasteiger partial charge >= 0.3 is 0 Å². The Morgan fingerprint density at radius 1 is 0.210 bits per heavy atom. The van der Waals surface area contributed by atoms with Gasteiger partial charge in [-0.1, -0.05) is 121 Å². The topological polar surface area (TPSA) is 68.3 Å². The van der Waals surface area contributed by atoms with Crippen molar-refractivity contribution < 1.29 is 0 Å². The largest absolute Gasteiger partial charge is 0.289 e. The Bertz CT molecular complexity index is 4820. The van der Waals surface area contributed by atoms with Crippen LogP contribution < -0.4 is 21.7 Å². The molecule has 0 N–H and O–H groups in total. The van der Waals surface area contributed by atoms with Gasteiger partial charge in [-0.2, -0.15) is 0 Å². The summed E-state index contributed by atoms with van der Waals surface area (Å²) in [6.07, 6.45) is 0. The monoisotopic (exact) mass is 786 g/mol. The normalized spacial score (nSPS) is 12.8. The summed E-state index contributed by atoms with van der Waals surface area (Å²) in [4.78, 5) is 58.7. The lowest BCUT2D eigenvalue weighted by atomic mass is 9.89. The van der Waals surface area contributed by atoms with Crippen LogP contribution in [0.2, 0.25) is 0 Å². The van der Waals surface area contributed by atoms with Gasteiger partial charge in [0, 0.05) is 70.0 Å². The van der Waals surface area contributed by atoms with Gasteiger partial charge in [0.1, 0.15) is 0 Å². The second-order valence-electron chi connectivity index (χ2n) is 17.2. The highest BCUT2D eigenvalue weighted by molar-refractivity contribution is 6.44. The minimum absolute atomic E-state index is 0.0481. The van der Waals surface area contributed by atoms with Crippen LogP contribution in [-0.4, -0.2) is 0 Å². The van der Waals surface area contributed by atoms with E-state index in [1.54, 1.807) is 12.1 Å². The molecule has 0 radical (unpaired) electrons. The van der Waals surface area contributed by atoms with E-state index in [4.69, 9.17) is 0 Å². The highest BCUT2D eigenvalue weighted by atomic mass is 16.1. The average Bonchev–Trinajstić information content (AvgIpc) is 3.98. The first-order valence-electron chi connectivity index (χ1n) is 20.9. The molecule has 0 saturated heterocycles. The summed E-state index contributed by atoms with van der Waals surface area (Å²) >= 11 is 0. The van der Waals surface area contributed by atoms with Crippen LogP contribution in [0.4, 0.5) is 0 Å². The standard InChI is InChI=1S/C58H26O4/c59-55-35-12-4-3-11-33(35)49-45(55)26-41(53-54(49)51-36-13-5-8-28-16-17-29-9-6-14-37(47(29)46(28)36)52(51)58(53)62)31-19-20-34-43(24-31)56(60)38-21-22-39-50(48(34)38)42-23-30-18-15-27-7-1-2-10-32(27)40(30)25-44(42)57(39)61/h1-26H. The van der Waals surface area contributed by atoms with E-state index in [0.29, 0.717) is 54.2 Å². The third kappa shape index (κ3) is 3.69. The molecule has 4 heteroatoms. The third-order valence-corrected chi connectivity index (χ3v) is 14.3. The molecule has 0 aliphatic carbocycles. The zero-order valence-corrected chi connectivity index (χ0v) is 32.6. The van der Waals surface area contributed by atoms with E-state index < -0.39 is 0 Å². The van der Waals surface area contributed by atoms with Crippen molar-refractivity contribution >= 4 is 140 Å². The van der Waals surface area contributed by atoms with Crippen molar-refractivity contribution in [3.63, 3.8) is 0 Å². The molecule has 4 nitrogen and oxygen atoms in total. The van der Waals surface area contributed by atoms with Gasteiger partial charge in [-0.25, -0.2) is 0 Å². The Labute approximate surface area is 348 Å². The molecule has 0 aliphatic heterocycles.